The highest BCUT2D eigenvalue weighted by molar-refractivity contribution is 9.10. The van der Waals surface area contributed by atoms with Crippen LogP contribution in [0.4, 0.5) is 0 Å². The fourth-order valence-corrected chi connectivity index (χ4v) is 2.59. The first-order valence-corrected chi connectivity index (χ1v) is 8.77. The van der Waals surface area contributed by atoms with E-state index < -0.39 is 5.91 Å². The van der Waals surface area contributed by atoms with Crippen LogP contribution in [0.15, 0.2) is 40.0 Å². The van der Waals surface area contributed by atoms with E-state index in [1.54, 1.807) is 24.3 Å². The molecule has 8 heteroatoms. The normalized spacial score (nSPS) is 10.7. The molecule has 0 atom stereocenters. The average Bonchev–Trinajstić information content (AvgIpc) is 2.59. The minimum absolute atomic E-state index is 0.121. The number of hydrogen-bond donors (Lipinski definition) is 1. The van der Waals surface area contributed by atoms with Crippen molar-refractivity contribution in [2.45, 2.75) is 13.8 Å². The van der Waals surface area contributed by atoms with Crippen LogP contribution in [0.5, 0.6) is 11.5 Å². The Hall–Kier alpha value is -2.12. The summed E-state index contributed by atoms with van der Waals surface area (Å²) in [6, 6.07) is 6.78. The van der Waals surface area contributed by atoms with E-state index in [1.807, 2.05) is 13.8 Å². The second-order valence-corrected chi connectivity index (χ2v) is 5.94. The number of amides is 1. The van der Waals surface area contributed by atoms with Gasteiger partial charge in [-0.2, -0.15) is 5.10 Å². The standard InChI is InChI=1S/C17H17BrClN3O3/c1-3-24-14-8-11(13(18)9-15(14)25-4-2)10-21-22-17(23)12-6-5-7-20-16(12)19/h5-10H,3-4H2,1-2H3,(H,22,23). The number of nitrogens with zero attached hydrogens (tertiary/aromatic N) is 2. The molecule has 0 spiro atoms. The van der Waals surface area contributed by atoms with Crippen LogP contribution >= 0.6 is 27.5 Å². The maximum Gasteiger partial charge on any atom is 0.274 e. The van der Waals surface area contributed by atoms with E-state index >= 15 is 0 Å². The van der Waals surface area contributed by atoms with Crippen molar-refractivity contribution in [3.8, 4) is 11.5 Å². The molecule has 6 nitrogen and oxygen atoms in total. The van der Waals surface area contributed by atoms with Gasteiger partial charge in [-0.05, 0) is 54.0 Å². The number of rotatable bonds is 7. The number of pyridine rings is 1. The first kappa shape index (κ1) is 19.2. The first-order valence-electron chi connectivity index (χ1n) is 7.59. The van der Waals surface area contributed by atoms with Gasteiger partial charge in [0.15, 0.2) is 11.5 Å². The lowest BCUT2D eigenvalue weighted by atomic mass is 10.2. The molecule has 0 aliphatic carbocycles. The Bertz CT molecular complexity index is 784. The zero-order valence-electron chi connectivity index (χ0n) is 13.8. The lowest BCUT2D eigenvalue weighted by molar-refractivity contribution is 0.0955. The molecule has 1 N–H and O–H groups in total. The molecule has 0 saturated heterocycles. The Morgan fingerprint density at radius 3 is 2.64 bits per heavy atom. The third kappa shape index (κ3) is 5.17. The van der Waals surface area contributed by atoms with E-state index in [4.69, 9.17) is 21.1 Å². The van der Waals surface area contributed by atoms with Crippen LogP contribution in [-0.2, 0) is 0 Å². The minimum atomic E-state index is -0.443. The number of ether oxygens (including phenoxy) is 2. The number of benzene rings is 1. The smallest absolute Gasteiger partial charge is 0.274 e. The lowest BCUT2D eigenvalue weighted by Gasteiger charge is -2.12. The molecule has 1 aromatic carbocycles. The molecule has 1 aromatic heterocycles. The highest BCUT2D eigenvalue weighted by Crippen LogP contribution is 2.33. The van der Waals surface area contributed by atoms with E-state index in [2.05, 4.69) is 31.4 Å². The summed E-state index contributed by atoms with van der Waals surface area (Å²) in [5, 5.41) is 4.08. The summed E-state index contributed by atoms with van der Waals surface area (Å²) < 4.78 is 11.9. The number of nitrogens with one attached hydrogen (secondary N) is 1. The maximum absolute atomic E-state index is 12.0. The van der Waals surface area contributed by atoms with Gasteiger partial charge in [-0.1, -0.05) is 11.6 Å². The Balaban J connectivity index is 2.16. The molecule has 0 saturated carbocycles. The molecule has 0 fully saturated rings. The zero-order valence-corrected chi connectivity index (χ0v) is 16.1. The van der Waals surface area contributed by atoms with Crippen LogP contribution in [0.25, 0.3) is 0 Å². The zero-order chi connectivity index (χ0) is 18.2. The quantitative estimate of drug-likeness (QED) is 0.412. The summed E-state index contributed by atoms with van der Waals surface area (Å²) in [5.41, 5.74) is 3.40. The van der Waals surface area contributed by atoms with Crippen LogP contribution in [0.2, 0.25) is 5.15 Å². The van der Waals surface area contributed by atoms with Crippen LogP contribution in [0.3, 0.4) is 0 Å². The molecule has 1 heterocycles. The van der Waals surface area contributed by atoms with Gasteiger partial charge in [0.25, 0.3) is 5.91 Å². The first-order chi connectivity index (χ1) is 12.1. The average molecular weight is 427 g/mol. The summed E-state index contributed by atoms with van der Waals surface area (Å²) in [6.45, 7) is 4.83. The Morgan fingerprint density at radius 2 is 2.00 bits per heavy atom. The van der Waals surface area contributed by atoms with Crippen molar-refractivity contribution < 1.29 is 14.3 Å². The number of carbonyl (C=O) groups excluding carboxylic acids is 1. The van der Waals surface area contributed by atoms with Crippen molar-refractivity contribution in [3.05, 3.63) is 51.2 Å². The molecule has 0 radical (unpaired) electrons. The molecule has 132 valence electrons. The van der Waals surface area contributed by atoms with Crippen LogP contribution < -0.4 is 14.9 Å². The molecular formula is C17H17BrClN3O3. The van der Waals surface area contributed by atoms with Gasteiger partial charge in [0.1, 0.15) is 5.15 Å². The molecule has 2 rings (SSSR count). The van der Waals surface area contributed by atoms with E-state index in [9.17, 15) is 4.79 Å². The molecule has 1 amide bonds. The molecule has 0 unspecified atom stereocenters. The molecule has 0 bridgehead atoms. The topological polar surface area (TPSA) is 72.8 Å². The van der Waals surface area contributed by atoms with Gasteiger partial charge in [-0.15, -0.1) is 0 Å². The second kappa shape index (κ2) is 9.39. The predicted molar refractivity (Wildman–Crippen MR) is 101 cm³/mol. The van der Waals surface area contributed by atoms with Crippen molar-refractivity contribution in [1.82, 2.24) is 10.4 Å². The highest BCUT2D eigenvalue weighted by atomic mass is 79.9. The molecular weight excluding hydrogens is 410 g/mol. The number of hydrazone groups is 1. The van der Waals surface area contributed by atoms with Crippen molar-refractivity contribution in [2.24, 2.45) is 5.10 Å². The van der Waals surface area contributed by atoms with E-state index in [0.29, 0.717) is 24.7 Å². The predicted octanol–water partition coefficient (Wildman–Crippen LogP) is 4.06. The van der Waals surface area contributed by atoms with Gasteiger partial charge in [-0.3, -0.25) is 4.79 Å². The Kier molecular flexibility index (Phi) is 7.21. The maximum atomic E-state index is 12.0. The Morgan fingerprint density at radius 1 is 1.32 bits per heavy atom. The molecule has 2 aromatic rings. The SMILES string of the molecule is CCOc1cc(Br)c(C=NNC(=O)c2cccnc2Cl)cc1OCC. The van der Waals surface area contributed by atoms with Crippen LogP contribution in [-0.4, -0.2) is 30.3 Å². The second-order valence-electron chi connectivity index (χ2n) is 4.73. The van der Waals surface area contributed by atoms with Crippen molar-refractivity contribution >= 4 is 39.7 Å². The number of halogens is 2. The number of aromatic nitrogens is 1. The van der Waals surface area contributed by atoms with Crippen molar-refractivity contribution in [1.29, 1.82) is 0 Å². The van der Waals surface area contributed by atoms with Gasteiger partial charge >= 0.3 is 0 Å². The van der Waals surface area contributed by atoms with Crippen LogP contribution in [0, 0.1) is 0 Å². The summed E-state index contributed by atoms with van der Waals surface area (Å²) >= 11 is 9.34. The Labute approximate surface area is 159 Å². The van der Waals surface area contributed by atoms with Gasteiger partial charge in [0.2, 0.25) is 0 Å². The summed E-state index contributed by atoms with van der Waals surface area (Å²) in [5.74, 6) is 0.802. The fraction of sp³-hybridized carbons (Fsp3) is 0.235. The summed E-state index contributed by atoms with van der Waals surface area (Å²) in [4.78, 5) is 15.9. The van der Waals surface area contributed by atoms with E-state index in [-0.39, 0.29) is 10.7 Å². The molecule has 0 aliphatic rings. The van der Waals surface area contributed by atoms with Gasteiger partial charge < -0.3 is 9.47 Å². The van der Waals surface area contributed by atoms with Gasteiger partial charge in [-0.25, -0.2) is 10.4 Å². The highest BCUT2D eigenvalue weighted by Gasteiger charge is 2.11. The minimum Gasteiger partial charge on any atom is -0.490 e. The van der Waals surface area contributed by atoms with E-state index in [0.717, 1.165) is 10.0 Å². The fourth-order valence-electron chi connectivity index (χ4n) is 1.96. The third-order valence-electron chi connectivity index (χ3n) is 3.04. The largest absolute Gasteiger partial charge is 0.490 e. The number of hydrogen-bond acceptors (Lipinski definition) is 5. The van der Waals surface area contributed by atoms with Gasteiger partial charge in [0, 0.05) is 16.2 Å². The summed E-state index contributed by atoms with van der Waals surface area (Å²) in [6.07, 6.45) is 3.01. The van der Waals surface area contributed by atoms with Crippen LogP contribution in [0.1, 0.15) is 29.8 Å². The van der Waals surface area contributed by atoms with Crippen molar-refractivity contribution in [3.63, 3.8) is 0 Å². The van der Waals surface area contributed by atoms with Crippen molar-refractivity contribution in [2.75, 3.05) is 13.2 Å². The third-order valence-corrected chi connectivity index (χ3v) is 4.02. The summed E-state index contributed by atoms with van der Waals surface area (Å²) in [7, 11) is 0. The lowest BCUT2D eigenvalue weighted by Crippen LogP contribution is -2.18. The molecule has 0 aliphatic heterocycles. The molecule has 25 heavy (non-hydrogen) atoms. The van der Waals surface area contributed by atoms with E-state index in [1.165, 1.54) is 12.4 Å². The van der Waals surface area contributed by atoms with Gasteiger partial charge in [0.05, 0.1) is 25.0 Å². The monoisotopic (exact) mass is 425 g/mol. The number of carbonyl (C=O) groups is 1.